The number of amides is 1. The molecule has 4 aliphatic carbocycles. The molecule has 1 aromatic heterocycles. The first-order valence-corrected chi connectivity index (χ1v) is 9.14. The van der Waals surface area contributed by atoms with Gasteiger partial charge in [0.2, 0.25) is 0 Å². The third-order valence-corrected chi connectivity index (χ3v) is 6.53. The minimum absolute atomic E-state index is 0.155. The van der Waals surface area contributed by atoms with Crippen LogP contribution in [-0.2, 0) is 9.53 Å². The molecule has 130 valence electrons. The quantitative estimate of drug-likeness (QED) is 0.816. The van der Waals surface area contributed by atoms with Crippen LogP contribution in [0, 0.1) is 23.2 Å². The number of hydrogen-bond acceptors (Lipinski definition) is 3. The van der Waals surface area contributed by atoms with Crippen molar-refractivity contribution in [3.63, 3.8) is 0 Å². The minimum Gasteiger partial charge on any atom is -0.451 e. The van der Waals surface area contributed by atoms with Gasteiger partial charge in [0.05, 0.1) is 0 Å². The molecule has 2 N–H and O–H groups in total. The second kappa shape index (κ2) is 5.94. The van der Waals surface area contributed by atoms with Crippen LogP contribution < -0.4 is 5.32 Å². The Morgan fingerprint density at radius 1 is 1.25 bits per heavy atom. The molecule has 0 aromatic carbocycles. The van der Waals surface area contributed by atoms with Crippen LogP contribution in [0.15, 0.2) is 18.3 Å². The topological polar surface area (TPSA) is 71.2 Å². The van der Waals surface area contributed by atoms with E-state index in [9.17, 15) is 9.59 Å². The number of esters is 1. The van der Waals surface area contributed by atoms with Gasteiger partial charge in [-0.25, -0.2) is 4.79 Å². The van der Waals surface area contributed by atoms with Crippen LogP contribution in [0.1, 0.15) is 55.9 Å². The Morgan fingerprint density at radius 2 is 1.88 bits per heavy atom. The molecule has 1 heterocycles. The maximum absolute atomic E-state index is 12.2. The van der Waals surface area contributed by atoms with Crippen molar-refractivity contribution in [1.29, 1.82) is 0 Å². The molecule has 0 aliphatic heterocycles. The zero-order valence-electron chi connectivity index (χ0n) is 14.2. The average Bonchev–Trinajstić information content (AvgIpc) is 3.05. The van der Waals surface area contributed by atoms with Gasteiger partial charge in [0.25, 0.3) is 5.91 Å². The summed E-state index contributed by atoms with van der Waals surface area (Å²) in [6, 6.07) is 3.52. The number of aromatic nitrogens is 1. The largest absolute Gasteiger partial charge is 0.451 e. The molecule has 0 radical (unpaired) electrons. The van der Waals surface area contributed by atoms with Gasteiger partial charge < -0.3 is 15.0 Å². The lowest BCUT2D eigenvalue weighted by atomic mass is 9.48. The molecule has 1 atom stereocenters. The Balaban J connectivity index is 1.32. The van der Waals surface area contributed by atoms with Crippen molar-refractivity contribution in [3.8, 4) is 0 Å². The highest BCUT2D eigenvalue weighted by atomic mass is 16.5. The molecule has 1 aromatic rings. The SMILES string of the molecule is C[C@H](NC(=O)COC(=O)c1ccc[nH]1)C12CC3CC(CC(C3)C1)C2. The molecular weight excluding hydrogens is 304 g/mol. The van der Waals surface area contributed by atoms with Crippen molar-refractivity contribution in [2.24, 2.45) is 23.2 Å². The normalized spacial score (nSPS) is 34.8. The maximum Gasteiger partial charge on any atom is 0.355 e. The summed E-state index contributed by atoms with van der Waals surface area (Å²) >= 11 is 0. The lowest BCUT2D eigenvalue weighted by molar-refractivity contribution is -0.128. The van der Waals surface area contributed by atoms with Crippen LogP contribution in [0.25, 0.3) is 0 Å². The Labute approximate surface area is 142 Å². The van der Waals surface area contributed by atoms with Crippen LogP contribution >= 0.6 is 0 Å². The molecular formula is C19H26N2O3. The van der Waals surface area contributed by atoms with Crippen LogP contribution in [-0.4, -0.2) is 29.5 Å². The molecule has 5 rings (SSSR count). The fourth-order valence-corrected chi connectivity index (χ4v) is 5.81. The lowest BCUT2D eigenvalue weighted by Crippen LogP contribution is -2.56. The zero-order chi connectivity index (χ0) is 16.7. The molecule has 5 heteroatoms. The second-order valence-electron chi connectivity index (χ2n) is 8.23. The molecule has 1 amide bonds. The Kier molecular flexibility index (Phi) is 3.89. The summed E-state index contributed by atoms with van der Waals surface area (Å²) in [6.45, 7) is 1.92. The standard InChI is InChI=1S/C19H26N2O3/c1-12(19-8-13-5-14(9-19)7-15(6-13)10-19)21-17(22)11-24-18(23)16-3-2-4-20-16/h2-4,12-15,20H,5-11H2,1H3,(H,21,22)/t12-,13?,14?,15?,19?/m0/s1. The van der Waals surface area contributed by atoms with E-state index < -0.39 is 5.97 Å². The Morgan fingerprint density at radius 3 is 2.42 bits per heavy atom. The number of H-pyrrole nitrogens is 1. The minimum atomic E-state index is -0.488. The smallest absolute Gasteiger partial charge is 0.355 e. The molecule has 4 bridgehead atoms. The summed E-state index contributed by atoms with van der Waals surface area (Å²) in [7, 11) is 0. The van der Waals surface area contributed by atoms with E-state index in [1.165, 1.54) is 38.5 Å². The van der Waals surface area contributed by atoms with E-state index in [1.54, 1.807) is 18.3 Å². The third-order valence-electron chi connectivity index (χ3n) is 6.53. The summed E-state index contributed by atoms with van der Waals surface area (Å²) in [6.07, 6.45) is 9.61. The summed E-state index contributed by atoms with van der Waals surface area (Å²) in [5.41, 5.74) is 0.644. The molecule has 24 heavy (non-hydrogen) atoms. The number of ether oxygens (including phenoxy) is 1. The van der Waals surface area contributed by atoms with E-state index in [2.05, 4.69) is 17.2 Å². The molecule has 0 saturated heterocycles. The van der Waals surface area contributed by atoms with E-state index in [1.807, 2.05) is 0 Å². The Hall–Kier alpha value is -1.78. The molecule has 4 saturated carbocycles. The zero-order valence-corrected chi connectivity index (χ0v) is 14.2. The third kappa shape index (κ3) is 2.85. The van der Waals surface area contributed by atoms with Crippen LogP contribution in [0.4, 0.5) is 0 Å². The van der Waals surface area contributed by atoms with Crippen molar-refractivity contribution < 1.29 is 14.3 Å². The van der Waals surface area contributed by atoms with E-state index >= 15 is 0 Å². The predicted molar refractivity (Wildman–Crippen MR) is 89.3 cm³/mol. The summed E-state index contributed by atoms with van der Waals surface area (Å²) in [5.74, 6) is 1.90. The van der Waals surface area contributed by atoms with Gasteiger partial charge in [-0.1, -0.05) is 0 Å². The fraction of sp³-hybridized carbons (Fsp3) is 0.684. The molecule has 0 spiro atoms. The first kappa shape index (κ1) is 15.7. The van der Waals surface area contributed by atoms with Gasteiger partial charge in [-0.05, 0) is 80.8 Å². The van der Waals surface area contributed by atoms with Crippen LogP contribution in [0.3, 0.4) is 0 Å². The average molecular weight is 330 g/mol. The van der Waals surface area contributed by atoms with Gasteiger partial charge in [-0.15, -0.1) is 0 Å². The highest BCUT2D eigenvalue weighted by Gasteiger charge is 2.53. The molecule has 4 fully saturated rings. The van der Waals surface area contributed by atoms with Gasteiger partial charge in [-0.2, -0.15) is 0 Å². The second-order valence-corrected chi connectivity index (χ2v) is 8.23. The van der Waals surface area contributed by atoms with E-state index in [4.69, 9.17) is 4.74 Å². The molecule has 0 unspecified atom stereocenters. The number of rotatable bonds is 5. The van der Waals surface area contributed by atoms with Gasteiger partial charge in [0.1, 0.15) is 5.69 Å². The Bertz CT molecular complexity index is 587. The molecule has 5 nitrogen and oxygen atoms in total. The van der Waals surface area contributed by atoms with Crippen LogP contribution in [0.2, 0.25) is 0 Å². The van der Waals surface area contributed by atoms with E-state index in [-0.39, 0.29) is 24.0 Å². The van der Waals surface area contributed by atoms with Crippen molar-refractivity contribution in [3.05, 3.63) is 24.0 Å². The number of nitrogens with one attached hydrogen (secondary N) is 2. The maximum atomic E-state index is 12.2. The molecule has 4 aliphatic rings. The highest BCUT2D eigenvalue weighted by molar-refractivity contribution is 5.89. The van der Waals surface area contributed by atoms with E-state index in [0.29, 0.717) is 5.69 Å². The van der Waals surface area contributed by atoms with Gasteiger partial charge in [-0.3, -0.25) is 4.79 Å². The number of hydrogen-bond donors (Lipinski definition) is 2. The number of carbonyl (C=O) groups excluding carboxylic acids is 2. The van der Waals surface area contributed by atoms with Crippen molar-refractivity contribution in [2.75, 3.05) is 6.61 Å². The summed E-state index contributed by atoms with van der Waals surface area (Å²) in [5, 5.41) is 3.11. The van der Waals surface area contributed by atoms with E-state index in [0.717, 1.165) is 17.8 Å². The highest BCUT2D eigenvalue weighted by Crippen LogP contribution is 2.61. The number of aromatic amines is 1. The van der Waals surface area contributed by atoms with Crippen molar-refractivity contribution >= 4 is 11.9 Å². The van der Waals surface area contributed by atoms with Crippen molar-refractivity contribution in [2.45, 2.75) is 51.5 Å². The lowest BCUT2D eigenvalue weighted by Gasteiger charge is -2.59. The summed E-state index contributed by atoms with van der Waals surface area (Å²) in [4.78, 5) is 26.8. The van der Waals surface area contributed by atoms with Crippen LogP contribution in [0.5, 0.6) is 0 Å². The fourth-order valence-electron chi connectivity index (χ4n) is 5.81. The van der Waals surface area contributed by atoms with Gasteiger partial charge >= 0.3 is 5.97 Å². The summed E-state index contributed by atoms with van der Waals surface area (Å²) < 4.78 is 5.09. The van der Waals surface area contributed by atoms with Gasteiger partial charge in [0.15, 0.2) is 6.61 Å². The first-order valence-electron chi connectivity index (χ1n) is 9.14. The van der Waals surface area contributed by atoms with Crippen molar-refractivity contribution in [1.82, 2.24) is 10.3 Å². The first-order chi connectivity index (χ1) is 11.5. The number of carbonyl (C=O) groups is 2. The predicted octanol–water partition coefficient (Wildman–Crippen LogP) is 2.89. The monoisotopic (exact) mass is 330 g/mol. The van der Waals surface area contributed by atoms with Gasteiger partial charge in [0, 0.05) is 12.2 Å².